The molecule has 0 aliphatic heterocycles. The van der Waals surface area contributed by atoms with Gasteiger partial charge in [0, 0.05) is 10.9 Å². The third-order valence-corrected chi connectivity index (χ3v) is 5.69. The zero-order valence-electron chi connectivity index (χ0n) is 20.1. The zero-order chi connectivity index (χ0) is 24.8. The number of methoxy groups -OCH3 is 1. The monoisotopic (exact) mass is 465 g/mol. The summed E-state index contributed by atoms with van der Waals surface area (Å²) >= 11 is 0. The molecule has 0 bridgehead atoms. The number of fused-ring (bicyclic) bond motifs is 1. The molecule has 0 spiro atoms. The van der Waals surface area contributed by atoms with E-state index in [2.05, 4.69) is 31.9 Å². The molecule has 0 aliphatic carbocycles. The van der Waals surface area contributed by atoms with Crippen molar-refractivity contribution in [2.75, 3.05) is 13.7 Å². The Bertz CT molecular complexity index is 1380. The van der Waals surface area contributed by atoms with Crippen LogP contribution >= 0.6 is 0 Å². The lowest BCUT2D eigenvalue weighted by atomic mass is 9.98. The Morgan fingerprint density at radius 1 is 1.00 bits per heavy atom. The number of ether oxygens (including phenoxy) is 3. The van der Waals surface area contributed by atoms with Gasteiger partial charge in [-0.1, -0.05) is 62.2 Å². The van der Waals surface area contributed by atoms with Crippen molar-refractivity contribution in [3.63, 3.8) is 0 Å². The molecule has 0 radical (unpaired) electrons. The van der Waals surface area contributed by atoms with Crippen molar-refractivity contribution in [2.24, 2.45) is 0 Å². The van der Waals surface area contributed by atoms with E-state index < -0.39 is 5.97 Å². The molecule has 5 nitrogen and oxygen atoms in total. The van der Waals surface area contributed by atoms with Crippen molar-refractivity contribution >= 4 is 16.7 Å². The number of aromatic nitrogens is 1. The average Bonchev–Trinajstić information content (AvgIpc) is 2.90. The number of carbonyl (C=O) groups excluding carboxylic acids is 1. The van der Waals surface area contributed by atoms with Gasteiger partial charge in [0.05, 0.1) is 12.8 Å². The summed E-state index contributed by atoms with van der Waals surface area (Å²) in [6, 6.07) is 23.0. The van der Waals surface area contributed by atoms with Crippen LogP contribution in [0.1, 0.15) is 41.4 Å². The van der Waals surface area contributed by atoms with E-state index in [0.717, 1.165) is 21.9 Å². The van der Waals surface area contributed by atoms with Crippen LogP contribution in [0.3, 0.4) is 0 Å². The number of benzene rings is 3. The SMILES string of the molecule is C#CCOc1ccc2cc(C(=O)OCc3cccc(OC)c3)nc(-c3ccc(C(C)C)cc3)c2c1. The van der Waals surface area contributed by atoms with Crippen molar-refractivity contribution < 1.29 is 19.0 Å². The Balaban J connectivity index is 1.71. The first-order chi connectivity index (χ1) is 17.0. The zero-order valence-corrected chi connectivity index (χ0v) is 20.1. The number of hydrogen-bond donors (Lipinski definition) is 0. The Hall–Kier alpha value is -4.30. The van der Waals surface area contributed by atoms with Crippen molar-refractivity contribution in [1.82, 2.24) is 4.98 Å². The minimum atomic E-state index is -0.498. The minimum Gasteiger partial charge on any atom is -0.497 e. The van der Waals surface area contributed by atoms with Gasteiger partial charge in [0.25, 0.3) is 0 Å². The van der Waals surface area contributed by atoms with Gasteiger partial charge in [-0.2, -0.15) is 0 Å². The maximum Gasteiger partial charge on any atom is 0.357 e. The van der Waals surface area contributed by atoms with Crippen molar-refractivity contribution in [3.05, 3.63) is 89.6 Å². The molecule has 0 saturated carbocycles. The fourth-order valence-electron chi connectivity index (χ4n) is 3.78. The summed E-state index contributed by atoms with van der Waals surface area (Å²) in [6.07, 6.45) is 5.34. The fourth-order valence-corrected chi connectivity index (χ4v) is 3.78. The third kappa shape index (κ3) is 5.62. The lowest BCUT2D eigenvalue weighted by Crippen LogP contribution is -2.08. The number of pyridine rings is 1. The summed E-state index contributed by atoms with van der Waals surface area (Å²) in [5, 5.41) is 1.71. The van der Waals surface area contributed by atoms with Gasteiger partial charge in [-0.3, -0.25) is 0 Å². The lowest BCUT2D eigenvalue weighted by molar-refractivity contribution is 0.0466. The number of carbonyl (C=O) groups is 1. The van der Waals surface area contributed by atoms with Gasteiger partial charge < -0.3 is 14.2 Å². The molecule has 0 unspecified atom stereocenters. The standard InChI is InChI=1S/C30H27NO4/c1-5-15-34-26-14-13-24-17-28(30(32)35-19-21-7-6-8-25(16-21)33-4)31-29(27(24)18-26)23-11-9-22(10-12-23)20(2)3/h1,6-14,16-18,20H,15,19H2,2-4H3. The third-order valence-electron chi connectivity index (χ3n) is 5.69. The van der Waals surface area contributed by atoms with E-state index in [1.165, 1.54) is 5.56 Å². The molecule has 5 heteroatoms. The van der Waals surface area contributed by atoms with Crippen LogP contribution in [-0.2, 0) is 11.3 Å². The highest BCUT2D eigenvalue weighted by molar-refractivity contribution is 6.00. The van der Waals surface area contributed by atoms with Crippen LogP contribution in [0.25, 0.3) is 22.0 Å². The van der Waals surface area contributed by atoms with Crippen LogP contribution in [0.2, 0.25) is 0 Å². The molecule has 0 N–H and O–H groups in total. The average molecular weight is 466 g/mol. The topological polar surface area (TPSA) is 57.7 Å². The van der Waals surface area contributed by atoms with Gasteiger partial charge >= 0.3 is 5.97 Å². The van der Waals surface area contributed by atoms with Gasteiger partial charge in [-0.05, 0) is 52.8 Å². The first-order valence-corrected chi connectivity index (χ1v) is 11.4. The fraction of sp³-hybridized carbons (Fsp3) is 0.200. The van der Waals surface area contributed by atoms with Crippen LogP contribution < -0.4 is 9.47 Å². The van der Waals surface area contributed by atoms with Crippen molar-refractivity contribution in [1.29, 1.82) is 0 Å². The second-order valence-electron chi connectivity index (χ2n) is 8.44. The van der Waals surface area contributed by atoms with Crippen LogP contribution in [0.5, 0.6) is 11.5 Å². The lowest BCUT2D eigenvalue weighted by Gasteiger charge is -2.13. The highest BCUT2D eigenvalue weighted by Crippen LogP contribution is 2.32. The highest BCUT2D eigenvalue weighted by Gasteiger charge is 2.16. The smallest absolute Gasteiger partial charge is 0.357 e. The van der Waals surface area contributed by atoms with Crippen LogP contribution in [0.15, 0.2) is 72.8 Å². The summed E-state index contributed by atoms with van der Waals surface area (Å²) in [5.74, 6) is 3.74. The molecule has 0 fully saturated rings. The van der Waals surface area contributed by atoms with Gasteiger partial charge in [-0.25, -0.2) is 9.78 Å². The molecule has 3 aromatic carbocycles. The Kier molecular flexibility index (Phi) is 7.32. The predicted molar refractivity (Wildman–Crippen MR) is 138 cm³/mol. The number of nitrogens with zero attached hydrogens (tertiary/aromatic N) is 1. The highest BCUT2D eigenvalue weighted by atomic mass is 16.5. The van der Waals surface area contributed by atoms with Crippen molar-refractivity contribution in [3.8, 4) is 35.1 Å². The maximum atomic E-state index is 13.0. The molecular weight excluding hydrogens is 438 g/mol. The van der Waals surface area contributed by atoms with E-state index in [1.807, 2.05) is 54.6 Å². The molecule has 4 rings (SSSR count). The van der Waals surface area contributed by atoms with Gasteiger partial charge in [0.2, 0.25) is 0 Å². The van der Waals surface area contributed by atoms with Gasteiger partial charge in [-0.15, -0.1) is 6.42 Å². The summed E-state index contributed by atoms with van der Waals surface area (Å²) in [4.78, 5) is 17.7. The van der Waals surface area contributed by atoms with Crippen LogP contribution in [0.4, 0.5) is 0 Å². The molecule has 0 saturated heterocycles. The Labute approximate surface area is 205 Å². The second kappa shape index (κ2) is 10.8. The maximum absolute atomic E-state index is 13.0. The molecule has 176 valence electrons. The quantitative estimate of drug-likeness (QED) is 0.223. The first kappa shape index (κ1) is 23.8. The Morgan fingerprint density at radius 3 is 2.51 bits per heavy atom. The predicted octanol–water partition coefficient (Wildman–Crippen LogP) is 6.40. The molecule has 0 aliphatic rings. The largest absolute Gasteiger partial charge is 0.497 e. The molecule has 4 aromatic rings. The van der Waals surface area contributed by atoms with Crippen LogP contribution in [-0.4, -0.2) is 24.7 Å². The molecule has 1 heterocycles. The minimum absolute atomic E-state index is 0.118. The molecular formula is C30H27NO4. The van der Waals surface area contributed by atoms with E-state index in [1.54, 1.807) is 13.2 Å². The summed E-state index contributed by atoms with van der Waals surface area (Å²) < 4.78 is 16.4. The van der Waals surface area contributed by atoms with E-state index >= 15 is 0 Å². The summed E-state index contributed by atoms with van der Waals surface area (Å²) in [5.41, 5.74) is 3.87. The van der Waals surface area contributed by atoms with E-state index in [-0.39, 0.29) is 18.9 Å². The summed E-state index contributed by atoms with van der Waals surface area (Å²) in [7, 11) is 1.60. The number of terminal acetylenes is 1. The molecule has 0 amide bonds. The van der Waals surface area contributed by atoms with Gasteiger partial charge in [0.1, 0.15) is 30.4 Å². The molecule has 0 atom stereocenters. The first-order valence-electron chi connectivity index (χ1n) is 11.4. The molecule has 1 aromatic heterocycles. The number of esters is 1. The van der Waals surface area contributed by atoms with E-state index in [0.29, 0.717) is 23.1 Å². The van der Waals surface area contributed by atoms with Crippen molar-refractivity contribution in [2.45, 2.75) is 26.4 Å². The van der Waals surface area contributed by atoms with Gasteiger partial charge in [0.15, 0.2) is 0 Å². The number of hydrogen-bond acceptors (Lipinski definition) is 5. The second-order valence-corrected chi connectivity index (χ2v) is 8.44. The molecule has 35 heavy (non-hydrogen) atoms. The number of rotatable bonds is 8. The normalized spacial score (nSPS) is 10.7. The van der Waals surface area contributed by atoms with E-state index in [4.69, 9.17) is 25.6 Å². The Morgan fingerprint density at radius 2 is 1.80 bits per heavy atom. The van der Waals surface area contributed by atoms with E-state index in [9.17, 15) is 4.79 Å². The summed E-state index contributed by atoms with van der Waals surface area (Å²) in [6.45, 7) is 4.59. The van der Waals surface area contributed by atoms with Crippen LogP contribution in [0, 0.1) is 12.3 Å².